The molecule has 0 bridgehead atoms. The number of aliphatic hydroxyl groups is 1. The average Bonchev–Trinajstić information content (AvgIpc) is 3.34. The summed E-state index contributed by atoms with van der Waals surface area (Å²) in [6.45, 7) is 0.420. The van der Waals surface area contributed by atoms with Crippen molar-refractivity contribution in [2.75, 3.05) is 0 Å². The van der Waals surface area contributed by atoms with E-state index < -0.39 is 6.29 Å². The Labute approximate surface area is 181 Å². The molecule has 0 unspecified atom stereocenters. The van der Waals surface area contributed by atoms with Gasteiger partial charge in [-0.3, -0.25) is 4.79 Å². The molecule has 2 atom stereocenters. The zero-order chi connectivity index (χ0) is 20.8. The molecule has 1 aromatic carbocycles. The molecule has 1 aromatic heterocycles. The molecule has 1 fully saturated rings. The number of carbonyl (C=O) groups excluding carboxylic acids is 1. The van der Waals surface area contributed by atoms with E-state index in [2.05, 4.69) is 22.1 Å². The van der Waals surface area contributed by atoms with Crippen LogP contribution in [0.4, 0.5) is 0 Å². The molecule has 6 heteroatoms. The zero-order valence-corrected chi connectivity index (χ0v) is 17.9. The summed E-state index contributed by atoms with van der Waals surface area (Å²) >= 11 is 1.65. The van der Waals surface area contributed by atoms with Crippen LogP contribution in [0.25, 0.3) is 0 Å². The van der Waals surface area contributed by atoms with Crippen molar-refractivity contribution in [2.24, 2.45) is 0 Å². The Morgan fingerprint density at radius 2 is 1.90 bits per heavy atom. The second-order valence-electron chi connectivity index (χ2n) is 8.07. The number of amides is 1. The van der Waals surface area contributed by atoms with Gasteiger partial charge in [0.1, 0.15) is 0 Å². The topological polar surface area (TPSA) is 67.8 Å². The second kappa shape index (κ2) is 10.2. The van der Waals surface area contributed by atoms with Crippen molar-refractivity contribution in [3.8, 4) is 0 Å². The van der Waals surface area contributed by atoms with Crippen LogP contribution in [0.2, 0.25) is 0 Å². The SMILES string of the molecule is O=C(NC1CCCCC1)C1=C[C@@H](c2ccsc2)C[C@@H](OCc2ccc(CO)cc2)O1. The number of thiophene rings is 1. The van der Waals surface area contributed by atoms with Gasteiger partial charge in [-0.05, 0) is 52.4 Å². The van der Waals surface area contributed by atoms with Crippen LogP contribution in [-0.2, 0) is 27.5 Å². The van der Waals surface area contributed by atoms with Gasteiger partial charge in [-0.2, -0.15) is 11.3 Å². The number of ether oxygens (including phenoxy) is 2. The van der Waals surface area contributed by atoms with Crippen molar-refractivity contribution in [3.05, 3.63) is 69.6 Å². The van der Waals surface area contributed by atoms with Gasteiger partial charge in [0, 0.05) is 18.4 Å². The highest BCUT2D eigenvalue weighted by Crippen LogP contribution is 2.33. The molecule has 4 rings (SSSR count). The van der Waals surface area contributed by atoms with Crippen LogP contribution in [-0.4, -0.2) is 23.3 Å². The third-order valence-corrected chi connectivity index (χ3v) is 6.54. The van der Waals surface area contributed by atoms with Gasteiger partial charge in [-0.1, -0.05) is 43.5 Å². The van der Waals surface area contributed by atoms with Crippen molar-refractivity contribution in [3.63, 3.8) is 0 Å². The van der Waals surface area contributed by atoms with Crippen LogP contribution in [0, 0.1) is 0 Å². The Kier molecular flexibility index (Phi) is 7.20. The Morgan fingerprint density at radius 1 is 1.13 bits per heavy atom. The van der Waals surface area contributed by atoms with E-state index in [1.165, 1.54) is 24.8 Å². The summed E-state index contributed by atoms with van der Waals surface area (Å²) in [7, 11) is 0. The Bertz CT molecular complexity index is 841. The van der Waals surface area contributed by atoms with E-state index >= 15 is 0 Å². The van der Waals surface area contributed by atoms with Gasteiger partial charge in [0.25, 0.3) is 5.91 Å². The van der Waals surface area contributed by atoms with Gasteiger partial charge in [0.15, 0.2) is 5.76 Å². The molecule has 2 N–H and O–H groups in total. The highest BCUT2D eigenvalue weighted by molar-refractivity contribution is 7.08. The summed E-state index contributed by atoms with van der Waals surface area (Å²) in [5.41, 5.74) is 3.06. The molecule has 0 radical (unpaired) electrons. The quantitative estimate of drug-likeness (QED) is 0.677. The van der Waals surface area contributed by atoms with Crippen LogP contribution in [0.15, 0.2) is 52.9 Å². The molecule has 0 spiro atoms. The Hall–Kier alpha value is -2.15. The first-order valence-electron chi connectivity index (χ1n) is 10.7. The van der Waals surface area contributed by atoms with Crippen LogP contribution in [0.3, 0.4) is 0 Å². The monoisotopic (exact) mass is 427 g/mol. The van der Waals surface area contributed by atoms with Crippen molar-refractivity contribution in [2.45, 2.75) is 70.0 Å². The molecule has 5 nitrogen and oxygen atoms in total. The molecule has 1 saturated carbocycles. The molecule has 0 saturated heterocycles. The summed E-state index contributed by atoms with van der Waals surface area (Å²) in [6, 6.07) is 9.99. The number of benzene rings is 1. The summed E-state index contributed by atoms with van der Waals surface area (Å²) in [4.78, 5) is 12.9. The maximum absolute atomic E-state index is 12.9. The lowest BCUT2D eigenvalue weighted by Crippen LogP contribution is -2.39. The van der Waals surface area contributed by atoms with E-state index in [4.69, 9.17) is 9.47 Å². The number of rotatable bonds is 7. The summed E-state index contributed by atoms with van der Waals surface area (Å²) in [6.07, 6.45) is 7.80. The number of aliphatic hydroxyl groups excluding tert-OH is 1. The smallest absolute Gasteiger partial charge is 0.286 e. The summed E-state index contributed by atoms with van der Waals surface area (Å²) < 4.78 is 12.0. The molecule has 30 heavy (non-hydrogen) atoms. The lowest BCUT2D eigenvalue weighted by Gasteiger charge is -2.30. The third-order valence-electron chi connectivity index (χ3n) is 5.83. The fourth-order valence-electron chi connectivity index (χ4n) is 4.07. The van der Waals surface area contributed by atoms with Crippen LogP contribution in [0.5, 0.6) is 0 Å². The number of hydrogen-bond donors (Lipinski definition) is 2. The second-order valence-corrected chi connectivity index (χ2v) is 8.85. The van der Waals surface area contributed by atoms with Crippen molar-refractivity contribution in [1.29, 1.82) is 0 Å². The predicted octanol–water partition coefficient (Wildman–Crippen LogP) is 4.62. The lowest BCUT2D eigenvalue weighted by atomic mass is 9.94. The normalized spacial score (nSPS) is 22.2. The minimum absolute atomic E-state index is 0.0272. The molecule has 1 aliphatic heterocycles. The number of nitrogens with one attached hydrogen (secondary N) is 1. The van der Waals surface area contributed by atoms with E-state index in [9.17, 15) is 9.90 Å². The molecular weight excluding hydrogens is 398 g/mol. The zero-order valence-electron chi connectivity index (χ0n) is 17.1. The highest BCUT2D eigenvalue weighted by atomic mass is 32.1. The number of carbonyl (C=O) groups is 1. The minimum Gasteiger partial charge on any atom is -0.459 e. The number of hydrogen-bond acceptors (Lipinski definition) is 5. The molecule has 1 amide bonds. The van der Waals surface area contributed by atoms with E-state index in [0.717, 1.165) is 24.0 Å². The van der Waals surface area contributed by atoms with E-state index in [1.54, 1.807) is 11.3 Å². The molecular formula is C24H29NO4S. The third kappa shape index (κ3) is 5.50. The molecule has 2 aliphatic rings. The molecule has 1 aliphatic carbocycles. The maximum Gasteiger partial charge on any atom is 0.286 e. The summed E-state index contributed by atoms with van der Waals surface area (Å²) in [5, 5.41) is 16.5. The van der Waals surface area contributed by atoms with Gasteiger partial charge >= 0.3 is 0 Å². The van der Waals surface area contributed by atoms with Crippen LogP contribution < -0.4 is 5.32 Å². The highest BCUT2D eigenvalue weighted by Gasteiger charge is 2.30. The van der Waals surface area contributed by atoms with Crippen LogP contribution in [0.1, 0.15) is 61.1 Å². The fourth-order valence-corrected chi connectivity index (χ4v) is 4.79. The minimum atomic E-state index is -0.482. The molecule has 2 heterocycles. The maximum atomic E-state index is 12.9. The van der Waals surface area contributed by atoms with Crippen molar-refractivity contribution < 1.29 is 19.4 Å². The predicted molar refractivity (Wildman–Crippen MR) is 117 cm³/mol. The van der Waals surface area contributed by atoms with E-state index in [-0.39, 0.29) is 24.5 Å². The largest absolute Gasteiger partial charge is 0.459 e. The number of allylic oxidation sites excluding steroid dienone is 1. The Balaban J connectivity index is 1.42. The standard InChI is InChI=1S/C24H29NO4S/c26-14-17-6-8-18(9-7-17)15-28-23-13-20(19-10-11-30-16-19)12-22(29-23)24(27)25-21-4-2-1-3-5-21/h6-12,16,20-21,23,26H,1-5,13-15H2,(H,25,27)/t20-,23+/m1/s1. The Morgan fingerprint density at radius 3 is 2.60 bits per heavy atom. The summed E-state index contributed by atoms with van der Waals surface area (Å²) in [5.74, 6) is 0.324. The van der Waals surface area contributed by atoms with Gasteiger partial charge in [0.2, 0.25) is 6.29 Å². The van der Waals surface area contributed by atoms with E-state index in [1.807, 2.05) is 30.3 Å². The van der Waals surface area contributed by atoms with Gasteiger partial charge in [-0.15, -0.1) is 0 Å². The first kappa shape index (κ1) is 21.1. The first-order valence-corrected chi connectivity index (χ1v) is 11.7. The molecule has 2 aromatic rings. The average molecular weight is 428 g/mol. The van der Waals surface area contributed by atoms with Crippen LogP contribution >= 0.6 is 11.3 Å². The lowest BCUT2D eigenvalue weighted by molar-refractivity contribution is -0.150. The first-order chi connectivity index (χ1) is 14.7. The fraction of sp³-hybridized carbons (Fsp3) is 0.458. The van der Waals surface area contributed by atoms with Crippen molar-refractivity contribution in [1.82, 2.24) is 5.32 Å². The van der Waals surface area contributed by atoms with Gasteiger partial charge < -0.3 is 19.9 Å². The molecule has 160 valence electrons. The van der Waals surface area contributed by atoms with Gasteiger partial charge in [0.05, 0.1) is 13.2 Å². The van der Waals surface area contributed by atoms with E-state index in [0.29, 0.717) is 18.8 Å². The van der Waals surface area contributed by atoms with Gasteiger partial charge in [-0.25, -0.2) is 0 Å². The van der Waals surface area contributed by atoms with Crippen molar-refractivity contribution >= 4 is 17.2 Å².